The highest BCUT2D eigenvalue weighted by atomic mass is 16.5. The van der Waals surface area contributed by atoms with Gasteiger partial charge in [-0.05, 0) is 72.6 Å². The second-order valence-corrected chi connectivity index (χ2v) is 9.25. The molecule has 7 nitrogen and oxygen atoms in total. The number of Topliss-reactive ketones (excluding diaryl/α,β-unsaturated/α-hetero) is 1. The molecule has 1 N–H and O–H groups in total. The van der Waals surface area contributed by atoms with Crippen LogP contribution in [0.15, 0.2) is 72.3 Å². The highest BCUT2D eigenvalue weighted by Gasteiger charge is 2.47. The molecule has 0 saturated carbocycles. The van der Waals surface area contributed by atoms with Crippen molar-refractivity contribution in [1.82, 2.24) is 0 Å². The first-order valence-corrected chi connectivity index (χ1v) is 11.6. The number of nitrogens with zero attached hydrogens (tertiary/aromatic N) is 3. The van der Waals surface area contributed by atoms with E-state index in [2.05, 4.69) is 0 Å². The predicted molar refractivity (Wildman–Crippen MR) is 144 cm³/mol. The van der Waals surface area contributed by atoms with E-state index in [1.54, 1.807) is 25.3 Å². The summed E-state index contributed by atoms with van der Waals surface area (Å²) in [7, 11) is 9.33. The maximum absolute atomic E-state index is 13.4. The summed E-state index contributed by atoms with van der Waals surface area (Å²) in [6, 6.07) is 19.5. The second kappa shape index (κ2) is 9.77. The van der Waals surface area contributed by atoms with Crippen LogP contribution < -0.4 is 19.4 Å². The van der Waals surface area contributed by atoms with Gasteiger partial charge in [0.2, 0.25) is 0 Å². The molecule has 36 heavy (non-hydrogen) atoms. The summed E-state index contributed by atoms with van der Waals surface area (Å²) in [6.45, 7) is 1.83. The van der Waals surface area contributed by atoms with Gasteiger partial charge in [0, 0.05) is 50.8 Å². The number of carbonyl (C=O) groups is 2. The minimum atomic E-state index is -0.784. The summed E-state index contributed by atoms with van der Waals surface area (Å²) in [6.07, 6.45) is 0. The molecular formula is C29H31N3O4. The van der Waals surface area contributed by atoms with E-state index < -0.39 is 17.7 Å². The van der Waals surface area contributed by atoms with Gasteiger partial charge in [0.25, 0.3) is 11.7 Å². The van der Waals surface area contributed by atoms with Gasteiger partial charge in [-0.2, -0.15) is 0 Å². The van der Waals surface area contributed by atoms with Gasteiger partial charge in [-0.25, -0.2) is 0 Å². The van der Waals surface area contributed by atoms with Gasteiger partial charge in [0.15, 0.2) is 0 Å². The number of amides is 1. The molecule has 0 bridgehead atoms. The molecule has 0 aliphatic carbocycles. The molecule has 3 aromatic carbocycles. The van der Waals surface area contributed by atoms with E-state index in [-0.39, 0.29) is 11.3 Å². The third-order valence-corrected chi connectivity index (χ3v) is 6.50. The molecule has 1 amide bonds. The number of aliphatic hydroxyl groups is 1. The zero-order valence-corrected chi connectivity index (χ0v) is 21.4. The molecule has 1 unspecified atom stereocenters. The topological polar surface area (TPSA) is 73.3 Å². The number of ether oxygens (including phenoxy) is 1. The van der Waals surface area contributed by atoms with Gasteiger partial charge >= 0.3 is 0 Å². The zero-order chi connectivity index (χ0) is 26.1. The van der Waals surface area contributed by atoms with Crippen LogP contribution in [0.1, 0.15) is 22.7 Å². The van der Waals surface area contributed by atoms with Gasteiger partial charge in [-0.15, -0.1) is 0 Å². The van der Waals surface area contributed by atoms with Crippen LogP contribution in [0.3, 0.4) is 0 Å². The number of hydrogen-bond donors (Lipinski definition) is 1. The molecule has 0 radical (unpaired) electrons. The van der Waals surface area contributed by atoms with E-state index in [1.807, 2.05) is 93.4 Å². The fourth-order valence-electron chi connectivity index (χ4n) is 4.45. The second-order valence-electron chi connectivity index (χ2n) is 9.25. The van der Waals surface area contributed by atoms with Crippen molar-refractivity contribution in [1.29, 1.82) is 0 Å². The van der Waals surface area contributed by atoms with Crippen LogP contribution in [0, 0.1) is 6.92 Å². The van der Waals surface area contributed by atoms with Crippen LogP contribution in [0.5, 0.6) is 5.75 Å². The smallest absolute Gasteiger partial charge is 0.300 e. The fraction of sp³-hybridized carbons (Fsp3) is 0.241. The summed E-state index contributed by atoms with van der Waals surface area (Å²) < 4.78 is 5.28. The molecule has 1 fully saturated rings. The monoisotopic (exact) mass is 485 g/mol. The van der Waals surface area contributed by atoms with Gasteiger partial charge < -0.3 is 19.6 Å². The molecule has 7 heteroatoms. The minimum absolute atomic E-state index is 0.0579. The number of methoxy groups -OCH3 is 1. The Hall–Kier alpha value is -4.26. The molecular weight excluding hydrogens is 454 g/mol. The van der Waals surface area contributed by atoms with E-state index in [9.17, 15) is 14.7 Å². The first-order valence-electron chi connectivity index (χ1n) is 11.6. The Labute approximate surface area is 211 Å². The number of aliphatic hydroxyl groups excluding tert-OH is 1. The van der Waals surface area contributed by atoms with E-state index in [1.165, 1.54) is 4.90 Å². The van der Waals surface area contributed by atoms with E-state index in [0.717, 1.165) is 22.5 Å². The van der Waals surface area contributed by atoms with Gasteiger partial charge in [-0.3, -0.25) is 14.5 Å². The quantitative estimate of drug-likeness (QED) is 0.308. The Morgan fingerprint density at radius 1 is 0.861 bits per heavy atom. The van der Waals surface area contributed by atoms with Crippen LogP contribution in [0.2, 0.25) is 0 Å². The summed E-state index contributed by atoms with van der Waals surface area (Å²) in [4.78, 5) is 32.2. The Bertz CT molecular complexity index is 1330. The molecule has 1 atom stereocenters. The predicted octanol–water partition coefficient (Wildman–Crippen LogP) is 4.76. The van der Waals surface area contributed by atoms with Crippen molar-refractivity contribution in [2.24, 2.45) is 0 Å². The van der Waals surface area contributed by atoms with Crippen molar-refractivity contribution >= 4 is 34.5 Å². The van der Waals surface area contributed by atoms with E-state index in [0.29, 0.717) is 17.0 Å². The van der Waals surface area contributed by atoms with Gasteiger partial charge in [0.1, 0.15) is 11.5 Å². The first-order chi connectivity index (χ1) is 17.1. The zero-order valence-electron chi connectivity index (χ0n) is 21.4. The molecule has 186 valence electrons. The number of rotatable bonds is 6. The van der Waals surface area contributed by atoms with Crippen LogP contribution in [0.4, 0.5) is 17.1 Å². The molecule has 1 aliphatic heterocycles. The molecule has 0 aromatic heterocycles. The highest BCUT2D eigenvalue weighted by molar-refractivity contribution is 6.51. The SMILES string of the molecule is COc1ccc(/C(O)=C2/C(=O)C(=O)N(c3ccc(N(C)C)cc3)C2c2ccc(N(C)C)cc2)c(C)c1. The Morgan fingerprint density at radius 3 is 1.92 bits per heavy atom. The lowest BCUT2D eigenvalue weighted by Crippen LogP contribution is -2.29. The van der Waals surface area contributed by atoms with E-state index in [4.69, 9.17) is 4.74 Å². The van der Waals surface area contributed by atoms with Crippen LogP contribution >= 0.6 is 0 Å². The highest BCUT2D eigenvalue weighted by Crippen LogP contribution is 2.43. The number of ketones is 1. The lowest BCUT2D eigenvalue weighted by atomic mass is 9.93. The van der Waals surface area contributed by atoms with Crippen molar-refractivity contribution in [3.8, 4) is 5.75 Å². The lowest BCUT2D eigenvalue weighted by molar-refractivity contribution is -0.132. The summed E-state index contributed by atoms with van der Waals surface area (Å²) >= 11 is 0. The number of benzene rings is 3. The average molecular weight is 486 g/mol. The molecule has 1 aliphatic rings. The van der Waals surface area contributed by atoms with Gasteiger partial charge in [-0.1, -0.05) is 12.1 Å². The van der Waals surface area contributed by atoms with Crippen molar-refractivity contribution in [2.75, 3.05) is 50.0 Å². The number of carbonyl (C=O) groups excluding carboxylic acids is 2. The number of hydrogen-bond acceptors (Lipinski definition) is 6. The largest absolute Gasteiger partial charge is 0.507 e. The van der Waals surface area contributed by atoms with Crippen molar-refractivity contribution in [3.05, 3.63) is 89.0 Å². The molecule has 1 saturated heterocycles. The number of aryl methyl sites for hydroxylation is 1. The standard InChI is InChI=1S/C29H31N3O4/c1-18-17-23(36-6)15-16-24(18)27(33)25-26(19-7-9-20(10-8-19)30(2)3)32(29(35)28(25)34)22-13-11-21(12-14-22)31(4)5/h7-17,26,33H,1-6H3/b27-25-. The Kier molecular flexibility index (Phi) is 6.75. The van der Waals surface area contributed by atoms with Gasteiger partial charge in [0.05, 0.1) is 18.7 Å². The third-order valence-electron chi connectivity index (χ3n) is 6.50. The average Bonchev–Trinajstić information content (AvgIpc) is 3.13. The fourth-order valence-corrected chi connectivity index (χ4v) is 4.45. The molecule has 1 heterocycles. The summed E-state index contributed by atoms with van der Waals surface area (Å²) in [5.41, 5.74) is 4.52. The first kappa shape index (κ1) is 24.9. The third kappa shape index (κ3) is 4.40. The molecule has 3 aromatic rings. The lowest BCUT2D eigenvalue weighted by Gasteiger charge is -2.26. The summed E-state index contributed by atoms with van der Waals surface area (Å²) in [5, 5.41) is 11.4. The van der Waals surface area contributed by atoms with Crippen molar-refractivity contribution < 1.29 is 19.4 Å². The van der Waals surface area contributed by atoms with E-state index >= 15 is 0 Å². The normalized spacial score (nSPS) is 16.8. The number of anilines is 3. The Morgan fingerprint density at radius 2 is 1.42 bits per heavy atom. The molecule has 4 rings (SSSR count). The van der Waals surface area contributed by atoms with Crippen LogP contribution in [0.25, 0.3) is 5.76 Å². The Balaban J connectivity index is 1.91. The van der Waals surface area contributed by atoms with Crippen LogP contribution in [-0.4, -0.2) is 52.1 Å². The maximum Gasteiger partial charge on any atom is 0.300 e. The summed E-state index contributed by atoms with van der Waals surface area (Å²) in [5.74, 6) is -0.966. The van der Waals surface area contributed by atoms with Crippen molar-refractivity contribution in [3.63, 3.8) is 0 Å². The maximum atomic E-state index is 13.4. The molecule has 0 spiro atoms. The minimum Gasteiger partial charge on any atom is -0.507 e. The van der Waals surface area contributed by atoms with Crippen LogP contribution in [-0.2, 0) is 9.59 Å². The van der Waals surface area contributed by atoms with Crippen molar-refractivity contribution in [2.45, 2.75) is 13.0 Å².